The van der Waals surface area contributed by atoms with Gasteiger partial charge in [-0.25, -0.2) is 14.5 Å². The third kappa shape index (κ3) is 1.62. The van der Waals surface area contributed by atoms with Gasteiger partial charge < -0.3 is 10.1 Å². The Kier molecular flexibility index (Phi) is 2.79. The molecule has 1 aliphatic heterocycles. The Morgan fingerprint density at radius 2 is 2.33 bits per heavy atom. The van der Waals surface area contributed by atoms with E-state index < -0.39 is 5.97 Å². The summed E-state index contributed by atoms with van der Waals surface area (Å²) in [6, 6.07) is 0.339. The summed E-state index contributed by atoms with van der Waals surface area (Å²) >= 11 is 3.42. The fourth-order valence-corrected chi connectivity index (χ4v) is 2.48. The number of rotatable bonds is 2. The number of pyridine rings is 1. The van der Waals surface area contributed by atoms with Crippen molar-refractivity contribution in [1.29, 1.82) is 0 Å². The van der Waals surface area contributed by atoms with Crippen LogP contribution in [0.15, 0.2) is 16.9 Å². The van der Waals surface area contributed by atoms with Gasteiger partial charge in [0.15, 0.2) is 5.65 Å². The highest BCUT2D eigenvalue weighted by atomic mass is 79.9. The summed E-state index contributed by atoms with van der Waals surface area (Å²) in [4.78, 5) is 15.9. The molecule has 7 heteroatoms. The lowest BCUT2D eigenvalue weighted by Crippen LogP contribution is -2.43. The minimum Gasteiger partial charge on any atom is -0.465 e. The number of nitrogens with one attached hydrogen (secondary N) is 1. The fraction of sp³-hybridized carbons (Fsp3) is 0.364. The van der Waals surface area contributed by atoms with Crippen LogP contribution in [0.3, 0.4) is 0 Å². The van der Waals surface area contributed by atoms with Gasteiger partial charge in [0.25, 0.3) is 0 Å². The molecule has 0 saturated carbocycles. The molecule has 6 nitrogen and oxygen atoms in total. The average Bonchev–Trinajstić information content (AvgIpc) is 2.71. The van der Waals surface area contributed by atoms with Gasteiger partial charge in [-0.05, 0) is 15.9 Å². The molecule has 0 amide bonds. The number of nitrogens with zero attached hydrogens (tertiary/aromatic N) is 3. The topological polar surface area (TPSA) is 69.0 Å². The van der Waals surface area contributed by atoms with E-state index in [1.165, 1.54) is 13.3 Å². The van der Waals surface area contributed by atoms with Gasteiger partial charge >= 0.3 is 5.97 Å². The number of carbonyl (C=O) groups is 1. The zero-order valence-corrected chi connectivity index (χ0v) is 11.3. The van der Waals surface area contributed by atoms with Crippen LogP contribution in [0.5, 0.6) is 0 Å². The summed E-state index contributed by atoms with van der Waals surface area (Å²) in [5, 5.41) is 8.35. The summed E-state index contributed by atoms with van der Waals surface area (Å²) in [7, 11) is 1.35. The van der Waals surface area contributed by atoms with E-state index in [4.69, 9.17) is 4.74 Å². The van der Waals surface area contributed by atoms with Gasteiger partial charge in [-0.15, -0.1) is 0 Å². The first-order valence-electron chi connectivity index (χ1n) is 5.53. The molecule has 0 aromatic carbocycles. The third-order valence-electron chi connectivity index (χ3n) is 3.07. The lowest BCUT2D eigenvalue weighted by Gasteiger charge is -2.27. The van der Waals surface area contributed by atoms with Crippen LogP contribution in [0.1, 0.15) is 16.4 Å². The van der Waals surface area contributed by atoms with E-state index in [-0.39, 0.29) is 0 Å². The highest BCUT2D eigenvalue weighted by Gasteiger charge is 2.24. The third-order valence-corrected chi connectivity index (χ3v) is 3.92. The van der Waals surface area contributed by atoms with Crippen molar-refractivity contribution in [3.8, 4) is 0 Å². The Hall–Kier alpha value is -1.47. The van der Waals surface area contributed by atoms with Gasteiger partial charge in [0.2, 0.25) is 0 Å². The van der Waals surface area contributed by atoms with E-state index in [1.807, 2.05) is 4.68 Å². The summed E-state index contributed by atoms with van der Waals surface area (Å²) in [6.45, 7) is 1.80. The van der Waals surface area contributed by atoms with Crippen LogP contribution in [-0.2, 0) is 4.74 Å². The average molecular weight is 311 g/mol. The molecule has 0 radical (unpaired) electrons. The second kappa shape index (κ2) is 4.33. The molecule has 0 atom stereocenters. The zero-order valence-electron chi connectivity index (χ0n) is 9.68. The quantitative estimate of drug-likeness (QED) is 0.842. The molecule has 3 rings (SSSR count). The molecule has 0 bridgehead atoms. The van der Waals surface area contributed by atoms with Crippen molar-refractivity contribution >= 4 is 32.9 Å². The molecule has 0 aliphatic carbocycles. The molecule has 2 aromatic heterocycles. The van der Waals surface area contributed by atoms with E-state index in [0.29, 0.717) is 16.1 Å². The predicted octanol–water partition coefficient (Wildman–Crippen LogP) is 1.12. The van der Waals surface area contributed by atoms with Gasteiger partial charge in [-0.3, -0.25) is 0 Å². The molecule has 2 aromatic rings. The second-order valence-electron chi connectivity index (χ2n) is 4.12. The second-order valence-corrected chi connectivity index (χ2v) is 4.91. The first-order valence-corrected chi connectivity index (χ1v) is 6.32. The van der Waals surface area contributed by atoms with Gasteiger partial charge in [0.05, 0.1) is 30.3 Å². The summed E-state index contributed by atoms with van der Waals surface area (Å²) in [6.07, 6.45) is 3.24. The molecule has 18 heavy (non-hydrogen) atoms. The maximum atomic E-state index is 11.6. The highest BCUT2D eigenvalue weighted by molar-refractivity contribution is 9.10. The molecule has 1 saturated heterocycles. The standard InChI is InChI=1S/C11H11BrN4O2/c1-18-11(17)8-4-14-10-7(9(8)12)5-15-16(10)6-2-13-3-6/h4-6,13H,2-3H2,1H3. The maximum absolute atomic E-state index is 11.6. The van der Waals surface area contributed by atoms with Crippen molar-refractivity contribution in [2.45, 2.75) is 6.04 Å². The number of aromatic nitrogens is 3. The first-order chi connectivity index (χ1) is 8.72. The largest absolute Gasteiger partial charge is 0.465 e. The molecular formula is C11H11BrN4O2. The fourth-order valence-electron chi connectivity index (χ4n) is 1.93. The van der Waals surface area contributed by atoms with E-state index in [1.54, 1.807) is 6.20 Å². The van der Waals surface area contributed by atoms with E-state index in [0.717, 1.165) is 24.1 Å². The van der Waals surface area contributed by atoms with E-state index >= 15 is 0 Å². The Bertz CT molecular complexity index is 621. The lowest BCUT2D eigenvalue weighted by molar-refractivity contribution is 0.0599. The molecule has 94 valence electrons. The Labute approximate surface area is 111 Å². The molecule has 0 unspecified atom stereocenters. The van der Waals surface area contributed by atoms with Gasteiger partial charge in [-0.1, -0.05) is 0 Å². The van der Waals surface area contributed by atoms with Crippen LogP contribution in [0.4, 0.5) is 0 Å². The number of esters is 1. The zero-order chi connectivity index (χ0) is 12.7. The number of fused-ring (bicyclic) bond motifs is 1. The van der Waals surface area contributed by atoms with Crippen molar-refractivity contribution < 1.29 is 9.53 Å². The Morgan fingerprint density at radius 1 is 1.56 bits per heavy atom. The van der Waals surface area contributed by atoms with Crippen molar-refractivity contribution in [3.63, 3.8) is 0 Å². The highest BCUT2D eigenvalue weighted by Crippen LogP contribution is 2.28. The summed E-state index contributed by atoms with van der Waals surface area (Å²) < 4.78 is 7.27. The molecule has 1 aliphatic rings. The van der Waals surface area contributed by atoms with Crippen LogP contribution in [0.2, 0.25) is 0 Å². The molecule has 1 fully saturated rings. The number of methoxy groups -OCH3 is 1. The van der Waals surface area contributed by atoms with Gasteiger partial charge in [0.1, 0.15) is 0 Å². The van der Waals surface area contributed by atoms with Crippen LogP contribution in [-0.4, -0.2) is 40.9 Å². The van der Waals surface area contributed by atoms with Crippen LogP contribution >= 0.6 is 15.9 Å². The number of halogens is 1. The maximum Gasteiger partial charge on any atom is 0.340 e. The Morgan fingerprint density at radius 3 is 2.94 bits per heavy atom. The number of carbonyl (C=O) groups excluding carboxylic acids is 1. The van der Waals surface area contributed by atoms with Crippen molar-refractivity contribution in [2.75, 3.05) is 20.2 Å². The minimum atomic E-state index is -0.408. The predicted molar refractivity (Wildman–Crippen MR) is 68.5 cm³/mol. The van der Waals surface area contributed by atoms with Crippen molar-refractivity contribution in [1.82, 2.24) is 20.1 Å². The first kappa shape index (κ1) is 11.6. The van der Waals surface area contributed by atoms with E-state index in [9.17, 15) is 4.79 Å². The number of ether oxygens (including phenoxy) is 1. The van der Waals surface area contributed by atoms with Gasteiger partial charge in [0, 0.05) is 23.8 Å². The summed E-state index contributed by atoms with van der Waals surface area (Å²) in [5.41, 5.74) is 1.19. The van der Waals surface area contributed by atoms with Crippen LogP contribution < -0.4 is 5.32 Å². The number of hydrogen-bond donors (Lipinski definition) is 1. The van der Waals surface area contributed by atoms with Gasteiger partial charge in [-0.2, -0.15) is 5.10 Å². The Balaban J connectivity index is 2.13. The summed E-state index contributed by atoms with van der Waals surface area (Å²) in [5.74, 6) is -0.408. The normalized spacial score (nSPS) is 15.7. The molecule has 1 N–H and O–H groups in total. The SMILES string of the molecule is COC(=O)c1cnc2c(cnn2C2CNC2)c1Br. The van der Waals surface area contributed by atoms with E-state index in [2.05, 4.69) is 31.3 Å². The number of hydrogen-bond acceptors (Lipinski definition) is 5. The van der Waals surface area contributed by atoms with Crippen LogP contribution in [0.25, 0.3) is 11.0 Å². The monoisotopic (exact) mass is 310 g/mol. The minimum absolute atomic E-state index is 0.339. The molecule has 3 heterocycles. The van der Waals surface area contributed by atoms with Crippen molar-refractivity contribution in [3.05, 3.63) is 22.4 Å². The molecule has 0 spiro atoms. The molecular weight excluding hydrogens is 300 g/mol. The van der Waals surface area contributed by atoms with Crippen molar-refractivity contribution in [2.24, 2.45) is 0 Å². The smallest absolute Gasteiger partial charge is 0.340 e. The lowest BCUT2D eigenvalue weighted by atomic mass is 10.2. The van der Waals surface area contributed by atoms with Crippen LogP contribution in [0, 0.1) is 0 Å².